The monoisotopic (exact) mass is 425 g/mol. The molecular formula is C26H36ClN3. The average molecular weight is 426 g/mol. The van der Waals surface area contributed by atoms with Crippen LogP contribution in [0.1, 0.15) is 89.3 Å². The van der Waals surface area contributed by atoms with E-state index in [2.05, 4.69) is 48.1 Å². The van der Waals surface area contributed by atoms with E-state index in [4.69, 9.17) is 16.6 Å². The maximum absolute atomic E-state index is 6.46. The van der Waals surface area contributed by atoms with Crippen molar-refractivity contribution in [2.75, 3.05) is 0 Å². The van der Waals surface area contributed by atoms with E-state index in [1.807, 2.05) is 12.3 Å². The zero-order valence-electron chi connectivity index (χ0n) is 18.6. The van der Waals surface area contributed by atoms with Gasteiger partial charge in [-0.25, -0.2) is 0 Å². The summed E-state index contributed by atoms with van der Waals surface area (Å²) in [5.41, 5.74) is 6.41. The second kappa shape index (κ2) is 12.0. The van der Waals surface area contributed by atoms with Crippen molar-refractivity contribution in [1.82, 2.24) is 9.97 Å². The molecule has 0 bridgehead atoms. The fourth-order valence-electron chi connectivity index (χ4n) is 3.93. The number of aromatic amines is 2. The summed E-state index contributed by atoms with van der Waals surface area (Å²) in [6.45, 7) is 4.42. The SMILES string of the molecule is CCCCCCCCCCCC1=NC(=Cc2cc(Cl)c(-c3cc(CC)c[nH]3)[nH]2)C=C1. The van der Waals surface area contributed by atoms with E-state index >= 15 is 0 Å². The van der Waals surface area contributed by atoms with E-state index in [9.17, 15) is 0 Å². The van der Waals surface area contributed by atoms with Gasteiger partial charge in [-0.1, -0.05) is 76.8 Å². The number of aromatic nitrogens is 2. The number of hydrogen-bond donors (Lipinski definition) is 2. The van der Waals surface area contributed by atoms with Gasteiger partial charge in [0.1, 0.15) is 0 Å². The molecule has 0 saturated carbocycles. The van der Waals surface area contributed by atoms with Gasteiger partial charge in [-0.3, -0.25) is 4.99 Å². The number of H-pyrrole nitrogens is 2. The summed E-state index contributed by atoms with van der Waals surface area (Å²) in [7, 11) is 0. The van der Waals surface area contributed by atoms with Crippen molar-refractivity contribution in [2.45, 2.75) is 84.5 Å². The Kier molecular flexibility index (Phi) is 9.07. The summed E-state index contributed by atoms with van der Waals surface area (Å²) in [4.78, 5) is 11.5. The highest BCUT2D eigenvalue weighted by Gasteiger charge is 2.11. The van der Waals surface area contributed by atoms with Crippen LogP contribution in [0.25, 0.3) is 17.5 Å². The number of hydrogen-bond acceptors (Lipinski definition) is 1. The van der Waals surface area contributed by atoms with Gasteiger partial charge in [0.25, 0.3) is 0 Å². The number of aliphatic imine (C=N–C) groups is 1. The highest BCUT2D eigenvalue weighted by atomic mass is 35.5. The van der Waals surface area contributed by atoms with Crippen LogP contribution in [-0.2, 0) is 6.42 Å². The molecule has 2 aromatic rings. The van der Waals surface area contributed by atoms with Gasteiger partial charge in [-0.2, -0.15) is 0 Å². The van der Waals surface area contributed by atoms with E-state index < -0.39 is 0 Å². The van der Waals surface area contributed by atoms with Crippen LogP contribution in [0.15, 0.2) is 41.2 Å². The first-order valence-corrected chi connectivity index (χ1v) is 12.1. The van der Waals surface area contributed by atoms with E-state index in [1.54, 1.807) is 0 Å². The van der Waals surface area contributed by atoms with E-state index in [0.717, 1.165) is 40.6 Å². The molecule has 3 heterocycles. The molecule has 0 aliphatic carbocycles. The van der Waals surface area contributed by atoms with E-state index in [0.29, 0.717) is 0 Å². The van der Waals surface area contributed by atoms with Crippen molar-refractivity contribution in [3.63, 3.8) is 0 Å². The minimum atomic E-state index is 0.729. The Hall–Kier alpha value is -2.00. The van der Waals surface area contributed by atoms with Crippen LogP contribution in [0.5, 0.6) is 0 Å². The molecule has 2 N–H and O–H groups in total. The minimum Gasteiger partial charge on any atom is -0.360 e. The number of allylic oxidation sites excluding steroid dienone is 2. The molecule has 0 fully saturated rings. The molecule has 3 rings (SSSR count). The molecule has 30 heavy (non-hydrogen) atoms. The van der Waals surface area contributed by atoms with Gasteiger partial charge < -0.3 is 9.97 Å². The highest BCUT2D eigenvalue weighted by Crippen LogP contribution is 2.29. The van der Waals surface area contributed by atoms with Crippen molar-refractivity contribution in [1.29, 1.82) is 0 Å². The second-order valence-electron chi connectivity index (χ2n) is 8.31. The van der Waals surface area contributed by atoms with Crippen molar-refractivity contribution < 1.29 is 0 Å². The summed E-state index contributed by atoms with van der Waals surface area (Å²) in [6.07, 6.45) is 22.7. The lowest BCUT2D eigenvalue weighted by atomic mass is 10.1. The van der Waals surface area contributed by atoms with Crippen LogP contribution in [0.4, 0.5) is 0 Å². The quantitative estimate of drug-likeness (QED) is 0.302. The van der Waals surface area contributed by atoms with Crippen molar-refractivity contribution in [3.05, 3.63) is 52.5 Å². The number of nitrogens with zero attached hydrogens (tertiary/aromatic N) is 1. The first-order valence-electron chi connectivity index (χ1n) is 11.7. The smallest absolute Gasteiger partial charge is 0.0813 e. The van der Waals surface area contributed by atoms with Gasteiger partial charge in [-0.05, 0) is 55.2 Å². The van der Waals surface area contributed by atoms with E-state index in [1.165, 1.54) is 69.1 Å². The van der Waals surface area contributed by atoms with Crippen LogP contribution in [0.3, 0.4) is 0 Å². The van der Waals surface area contributed by atoms with Gasteiger partial charge in [0.15, 0.2) is 0 Å². The third-order valence-corrected chi connectivity index (χ3v) is 6.07. The third-order valence-electron chi connectivity index (χ3n) is 5.77. The maximum Gasteiger partial charge on any atom is 0.0813 e. The lowest BCUT2D eigenvalue weighted by molar-refractivity contribution is 0.568. The zero-order valence-corrected chi connectivity index (χ0v) is 19.3. The van der Waals surface area contributed by atoms with Gasteiger partial charge in [0, 0.05) is 17.6 Å². The lowest BCUT2D eigenvalue weighted by Crippen LogP contribution is -1.90. The summed E-state index contributed by atoms with van der Waals surface area (Å²) in [5, 5.41) is 0.729. The molecule has 0 radical (unpaired) electrons. The summed E-state index contributed by atoms with van der Waals surface area (Å²) < 4.78 is 0. The number of unbranched alkanes of at least 4 members (excludes halogenated alkanes) is 8. The minimum absolute atomic E-state index is 0.729. The van der Waals surface area contributed by atoms with Crippen molar-refractivity contribution in [3.8, 4) is 11.4 Å². The fraction of sp³-hybridized carbons (Fsp3) is 0.500. The van der Waals surface area contributed by atoms with Gasteiger partial charge >= 0.3 is 0 Å². The Morgan fingerprint density at radius 2 is 1.67 bits per heavy atom. The molecule has 4 heteroatoms. The van der Waals surface area contributed by atoms with Gasteiger partial charge in [-0.15, -0.1) is 0 Å². The Morgan fingerprint density at radius 1 is 0.933 bits per heavy atom. The Morgan fingerprint density at radius 3 is 2.37 bits per heavy atom. The fourth-order valence-corrected chi connectivity index (χ4v) is 4.19. The number of nitrogens with one attached hydrogen (secondary N) is 2. The van der Waals surface area contributed by atoms with Crippen LogP contribution in [-0.4, -0.2) is 15.7 Å². The maximum atomic E-state index is 6.46. The molecule has 3 nitrogen and oxygen atoms in total. The molecule has 1 aliphatic heterocycles. The van der Waals surface area contributed by atoms with Crippen LogP contribution in [0, 0.1) is 0 Å². The van der Waals surface area contributed by atoms with E-state index in [-0.39, 0.29) is 0 Å². The molecule has 0 aromatic carbocycles. The normalized spacial score (nSPS) is 14.8. The molecule has 0 saturated heterocycles. The standard InChI is InChI=1S/C26H36ClN3/c1-3-5-6-7-8-9-10-11-12-13-21-14-15-22(29-21)17-23-18-24(27)26(30-23)25-16-20(4-2)19-28-25/h14-19,28,30H,3-13H2,1-2H3. The molecule has 1 aliphatic rings. The molecule has 2 aromatic heterocycles. The topological polar surface area (TPSA) is 43.9 Å². The molecular weight excluding hydrogens is 390 g/mol. The lowest BCUT2D eigenvalue weighted by Gasteiger charge is -2.01. The Labute approximate surface area is 186 Å². The first kappa shape index (κ1) is 22.7. The summed E-state index contributed by atoms with van der Waals surface area (Å²) >= 11 is 6.46. The predicted octanol–water partition coefficient (Wildman–Crippen LogP) is 8.50. The Balaban J connectivity index is 1.44. The number of halogens is 1. The Bertz CT molecular complexity index is 882. The highest BCUT2D eigenvalue weighted by molar-refractivity contribution is 6.33. The summed E-state index contributed by atoms with van der Waals surface area (Å²) in [5.74, 6) is 0. The summed E-state index contributed by atoms with van der Waals surface area (Å²) in [6, 6.07) is 4.11. The zero-order chi connectivity index (χ0) is 21.2. The largest absolute Gasteiger partial charge is 0.360 e. The number of aryl methyl sites for hydroxylation is 1. The van der Waals surface area contributed by atoms with Gasteiger partial charge in [0.05, 0.1) is 22.1 Å². The third kappa shape index (κ3) is 6.77. The molecule has 162 valence electrons. The predicted molar refractivity (Wildman–Crippen MR) is 131 cm³/mol. The van der Waals surface area contributed by atoms with Crippen molar-refractivity contribution in [2.24, 2.45) is 4.99 Å². The number of rotatable bonds is 13. The van der Waals surface area contributed by atoms with Crippen LogP contribution < -0.4 is 0 Å². The molecule has 0 amide bonds. The van der Waals surface area contributed by atoms with Crippen molar-refractivity contribution >= 4 is 23.4 Å². The average Bonchev–Trinajstić information content (AvgIpc) is 3.47. The second-order valence-corrected chi connectivity index (χ2v) is 8.71. The van der Waals surface area contributed by atoms with Gasteiger partial charge in [0.2, 0.25) is 0 Å². The molecule has 0 unspecified atom stereocenters. The molecule has 0 atom stereocenters. The first-order chi connectivity index (χ1) is 14.7. The molecule has 0 spiro atoms. The van der Waals surface area contributed by atoms with Crippen LogP contribution in [0.2, 0.25) is 5.02 Å². The van der Waals surface area contributed by atoms with Crippen LogP contribution >= 0.6 is 11.6 Å².